The largest absolute Gasteiger partial charge is 0.394 e. The van der Waals surface area contributed by atoms with E-state index in [-0.39, 0.29) is 6.61 Å². The third-order valence-electron chi connectivity index (χ3n) is 2.13. The van der Waals surface area contributed by atoms with Gasteiger partial charge in [-0.25, -0.2) is 4.98 Å². The summed E-state index contributed by atoms with van der Waals surface area (Å²) in [5.74, 6) is 0.885. The lowest BCUT2D eigenvalue weighted by molar-refractivity contribution is 0.0804. The van der Waals surface area contributed by atoms with Crippen LogP contribution in [0.1, 0.15) is 19.2 Å². The quantitative estimate of drug-likeness (QED) is 0.546. The Morgan fingerprint density at radius 2 is 2.40 bits per heavy atom. The van der Waals surface area contributed by atoms with Gasteiger partial charge in [0.05, 0.1) is 25.8 Å². The maximum atomic E-state index is 9.31. The molecule has 0 bridgehead atoms. The van der Waals surface area contributed by atoms with Crippen molar-refractivity contribution in [2.75, 3.05) is 13.2 Å². The average molecular weight is 213 g/mol. The number of nitrogens with one attached hydrogen (secondary N) is 1. The van der Waals surface area contributed by atoms with Crippen LogP contribution in [0.4, 0.5) is 0 Å². The molecule has 86 valence electrons. The van der Waals surface area contributed by atoms with Crippen molar-refractivity contribution in [3.05, 3.63) is 18.2 Å². The van der Waals surface area contributed by atoms with Crippen LogP contribution in [0.3, 0.4) is 0 Å². The number of rotatable bonds is 7. The molecule has 1 atom stereocenters. The van der Waals surface area contributed by atoms with Crippen molar-refractivity contribution in [3.8, 4) is 0 Å². The Labute approximate surface area is 89.8 Å². The minimum atomic E-state index is -0.718. The van der Waals surface area contributed by atoms with Gasteiger partial charge in [0.2, 0.25) is 0 Å². The van der Waals surface area contributed by atoms with Gasteiger partial charge in [0.1, 0.15) is 5.82 Å². The normalized spacial score (nSPS) is 13.0. The van der Waals surface area contributed by atoms with Crippen LogP contribution in [0.25, 0.3) is 0 Å². The first-order valence-electron chi connectivity index (χ1n) is 5.27. The summed E-state index contributed by atoms with van der Waals surface area (Å²) in [5, 5.41) is 21.3. The zero-order chi connectivity index (χ0) is 11.1. The number of aromatic nitrogens is 2. The second-order valence-electron chi connectivity index (χ2n) is 3.51. The molecule has 1 rings (SSSR count). The number of aliphatic hydroxyl groups excluding tert-OH is 2. The van der Waals surface area contributed by atoms with Gasteiger partial charge in [-0.1, -0.05) is 6.92 Å². The van der Waals surface area contributed by atoms with E-state index >= 15 is 0 Å². The molecule has 0 radical (unpaired) electrons. The molecule has 0 aliphatic rings. The molecule has 0 saturated heterocycles. The summed E-state index contributed by atoms with van der Waals surface area (Å²) in [6, 6.07) is 0. The van der Waals surface area contributed by atoms with Crippen LogP contribution in [-0.2, 0) is 13.1 Å². The van der Waals surface area contributed by atoms with E-state index < -0.39 is 6.10 Å². The van der Waals surface area contributed by atoms with Gasteiger partial charge in [-0.05, 0) is 13.0 Å². The van der Waals surface area contributed by atoms with Crippen molar-refractivity contribution in [1.82, 2.24) is 14.9 Å². The highest BCUT2D eigenvalue weighted by Gasteiger charge is 2.07. The summed E-state index contributed by atoms with van der Waals surface area (Å²) in [6.45, 7) is 3.92. The van der Waals surface area contributed by atoms with Crippen LogP contribution >= 0.6 is 0 Å². The summed E-state index contributed by atoms with van der Waals surface area (Å²) in [5.41, 5.74) is 0. The van der Waals surface area contributed by atoms with E-state index in [1.807, 2.05) is 10.8 Å². The SMILES string of the molecule is CCCNCc1nccn1CC(O)CO. The van der Waals surface area contributed by atoms with Crippen molar-refractivity contribution in [3.63, 3.8) is 0 Å². The van der Waals surface area contributed by atoms with Crippen LogP contribution < -0.4 is 5.32 Å². The zero-order valence-electron chi connectivity index (χ0n) is 9.06. The third-order valence-corrected chi connectivity index (χ3v) is 2.13. The molecule has 0 amide bonds. The lowest BCUT2D eigenvalue weighted by Crippen LogP contribution is -2.23. The van der Waals surface area contributed by atoms with Crippen molar-refractivity contribution in [2.24, 2.45) is 0 Å². The summed E-state index contributed by atoms with van der Waals surface area (Å²) >= 11 is 0. The predicted molar refractivity (Wildman–Crippen MR) is 57.3 cm³/mol. The summed E-state index contributed by atoms with van der Waals surface area (Å²) < 4.78 is 1.85. The van der Waals surface area contributed by atoms with E-state index in [0.717, 1.165) is 18.8 Å². The fourth-order valence-electron chi connectivity index (χ4n) is 1.34. The molecule has 0 aliphatic carbocycles. The van der Waals surface area contributed by atoms with Crippen molar-refractivity contribution in [1.29, 1.82) is 0 Å². The van der Waals surface area contributed by atoms with Gasteiger partial charge in [-0.15, -0.1) is 0 Å². The Balaban J connectivity index is 2.45. The highest BCUT2D eigenvalue weighted by molar-refractivity contribution is 4.92. The maximum Gasteiger partial charge on any atom is 0.122 e. The van der Waals surface area contributed by atoms with E-state index in [4.69, 9.17) is 5.11 Å². The van der Waals surface area contributed by atoms with Crippen molar-refractivity contribution in [2.45, 2.75) is 32.5 Å². The molecule has 1 unspecified atom stereocenters. The van der Waals surface area contributed by atoms with E-state index in [1.165, 1.54) is 0 Å². The highest BCUT2D eigenvalue weighted by atomic mass is 16.3. The number of hydrogen-bond acceptors (Lipinski definition) is 4. The smallest absolute Gasteiger partial charge is 0.122 e. The van der Waals surface area contributed by atoms with E-state index in [1.54, 1.807) is 6.20 Å². The van der Waals surface area contributed by atoms with E-state index in [2.05, 4.69) is 17.2 Å². The third kappa shape index (κ3) is 3.99. The number of hydrogen-bond donors (Lipinski definition) is 3. The molecule has 5 heteroatoms. The van der Waals surface area contributed by atoms with Crippen LogP contribution in [0.5, 0.6) is 0 Å². The molecular weight excluding hydrogens is 194 g/mol. The van der Waals surface area contributed by atoms with Crippen LogP contribution in [0, 0.1) is 0 Å². The topological polar surface area (TPSA) is 70.3 Å². The number of aliphatic hydroxyl groups is 2. The molecular formula is C10H19N3O2. The van der Waals surface area contributed by atoms with Crippen LogP contribution in [-0.4, -0.2) is 39.0 Å². The molecule has 1 heterocycles. The fraction of sp³-hybridized carbons (Fsp3) is 0.700. The Hall–Kier alpha value is -0.910. The molecule has 1 aromatic heterocycles. The Bertz CT molecular complexity index is 275. The predicted octanol–water partition coefficient (Wildman–Crippen LogP) is -0.264. The Kier molecular flexibility index (Phi) is 5.31. The molecule has 0 spiro atoms. The van der Waals surface area contributed by atoms with Gasteiger partial charge < -0.3 is 20.1 Å². The molecule has 0 aliphatic heterocycles. The molecule has 0 saturated carbocycles. The first-order chi connectivity index (χ1) is 7.27. The minimum Gasteiger partial charge on any atom is -0.394 e. The minimum absolute atomic E-state index is 0.222. The van der Waals surface area contributed by atoms with Gasteiger partial charge in [0, 0.05) is 12.4 Å². The van der Waals surface area contributed by atoms with Gasteiger partial charge in [0.15, 0.2) is 0 Å². The molecule has 0 aromatic carbocycles. The lowest BCUT2D eigenvalue weighted by atomic mass is 10.3. The van der Waals surface area contributed by atoms with E-state index in [0.29, 0.717) is 13.1 Å². The van der Waals surface area contributed by atoms with Crippen molar-refractivity contribution >= 4 is 0 Å². The highest BCUT2D eigenvalue weighted by Crippen LogP contribution is 1.99. The van der Waals surface area contributed by atoms with Gasteiger partial charge in [0.25, 0.3) is 0 Å². The van der Waals surface area contributed by atoms with Crippen molar-refractivity contribution < 1.29 is 10.2 Å². The summed E-state index contributed by atoms with van der Waals surface area (Å²) in [6.07, 6.45) is 3.87. The van der Waals surface area contributed by atoms with Crippen LogP contribution in [0.2, 0.25) is 0 Å². The molecule has 3 N–H and O–H groups in total. The monoisotopic (exact) mass is 213 g/mol. The summed E-state index contributed by atoms with van der Waals surface area (Å²) in [7, 11) is 0. The average Bonchev–Trinajstić information content (AvgIpc) is 2.66. The molecule has 1 aromatic rings. The Morgan fingerprint density at radius 3 is 3.07 bits per heavy atom. The lowest BCUT2D eigenvalue weighted by Gasteiger charge is -2.11. The summed E-state index contributed by atoms with van der Waals surface area (Å²) in [4.78, 5) is 4.18. The maximum absolute atomic E-state index is 9.31. The Morgan fingerprint density at radius 1 is 1.60 bits per heavy atom. The first-order valence-corrected chi connectivity index (χ1v) is 5.27. The van der Waals surface area contributed by atoms with Gasteiger partial charge >= 0.3 is 0 Å². The fourth-order valence-corrected chi connectivity index (χ4v) is 1.34. The van der Waals surface area contributed by atoms with E-state index in [9.17, 15) is 5.11 Å². The van der Waals surface area contributed by atoms with Crippen LogP contribution in [0.15, 0.2) is 12.4 Å². The first kappa shape index (κ1) is 12.2. The second kappa shape index (κ2) is 6.55. The molecule has 0 fully saturated rings. The number of nitrogens with zero attached hydrogens (tertiary/aromatic N) is 2. The zero-order valence-corrected chi connectivity index (χ0v) is 9.06. The second-order valence-corrected chi connectivity index (χ2v) is 3.51. The molecule has 15 heavy (non-hydrogen) atoms. The standard InChI is InChI=1S/C10H19N3O2/c1-2-3-11-6-10-12-4-5-13(10)7-9(15)8-14/h4-5,9,11,14-15H,2-3,6-8H2,1H3. The number of imidazole rings is 1. The molecule has 5 nitrogen and oxygen atoms in total. The van der Waals surface area contributed by atoms with Gasteiger partial charge in [-0.3, -0.25) is 0 Å². The van der Waals surface area contributed by atoms with Gasteiger partial charge in [-0.2, -0.15) is 0 Å².